The van der Waals surface area contributed by atoms with Crippen LogP contribution in [0.5, 0.6) is 5.75 Å². The summed E-state index contributed by atoms with van der Waals surface area (Å²) in [6.07, 6.45) is 1.64. The number of aromatic nitrogens is 1. The maximum atomic E-state index is 12.0. The van der Waals surface area contributed by atoms with Gasteiger partial charge in [-0.2, -0.15) is 5.10 Å². The highest BCUT2D eigenvalue weighted by atomic mass is 32.1. The molecule has 1 aromatic heterocycles. The van der Waals surface area contributed by atoms with E-state index in [1.165, 1.54) is 11.3 Å². The Kier molecular flexibility index (Phi) is 4.83. The summed E-state index contributed by atoms with van der Waals surface area (Å²) in [5.74, 6) is 0.545. The zero-order chi connectivity index (χ0) is 16.8. The summed E-state index contributed by atoms with van der Waals surface area (Å²) in [6, 6.07) is 15.9. The SMILES string of the molecule is Nc1csc(NN=Cc2ccc(OC(=O)c3ccccc3)cc2)n1. The van der Waals surface area contributed by atoms with E-state index in [4.69, 9.17) is 10.5 Å². The minimum absolute atomic E-state index is 0.389. The third kappa shape index (κ3) is 4.17. The van der Waals surface area contributed by atoms with Crippen molar-refractivity contribution in [2.24, 2.45) is 5.10 Å². The molecule has 2 aromatic carbocycles. The minimum Gasteiger partial charge on any atom is -0.423 e. The summed E-state index contributed by atoms with van der Waals surface area (Å²) in [4.78, 5) is 16.0. The van der Waals surface area contributed by atoms with Crippen LogP contribution in [-0.4, -0.2) is 17.2 Å². The number of carbonyl (C=O) groups excluding carboxylic acids is 1. The average molecular weight is 338 g/mol. The smallest absolute Gasteiger partial charge is 0.343 e. The highest BCUT2D eigenvalue weighted by molar-refractivity contribution is 7.14. The normalized spacial score (nSPS) is 10.7. The number of nitrogens with zero attached hydrogens (tertiary/aromatic N) is 2. The summed E-state index contributed by atoms with van der Waals surface area (Å²) < 4.78 is 5.31. The number of benzene rings is 2. The predicted octanol–water partition coefficient (Wildman–Crippen LogP) is 3.39. The second kappa shape index (κ2) is 7.38. The van der Waals surface area contributed by atoms with Crippen LogP contribution in [0, 0.1) is 0 Å². The molecule has 0 atom stereocenters. The van der Waals surface area contributed by atoms with Gasteiger partial charge in [0.15, 0.2) is 0 Å². The highest BCUT2D eigenvalue weighted by Crippen LogP contribution is 2.16. The molecule has 0 fully saturated rings. The van der Waals surface area contributed by atoms with Crippen LogP contribution in [0.1, 0.15) is 15.9 Å². The molecule has 0 saturated carbocycles. The summed E-state index contributed by atoms with van der Waals surface area (Å²) in [5.41, 5.74) is 9.68. The van der Waals surface area contributed by atoms with Crippen LogP contribution in [-0.2, 0) is 0 Å². The zero-order valence-electron chi connectivity index (χ0n) is 12.5. The Balaban J connectivity index is 1.58. The van der Waals surface area contributed by atoms with E-state index < -0.39 is 0 Å². The second-order valence-corrected chi connectivity index (χ2v) is 5.63. The van der Waals surface area contributed by atoms with Gasteiger partial charge >= 0.3 is 5.97 Å². The van der Waals surface area contributed by atoms with Gasteiger partial charge in [-0.3, -0.25) is 5.43 Å². The van der Waals surface area contributed by atoms with E-state index in [9.17, 15) is 4.79 Å². The number of nitrogens with two attached hydrogens (primary N) is 1. The molecule has 24 heavy (non-hydrogen) atoms. The Hall–Kier alpha value is -3.19. The Bertz CT molecular complexity index is 845. The molecule has 0 aliphatic rings. The lowest BCUT2D eigenvalue weighted by atomic mass is 10.2. The van der Waals surface area contributed by atoms with E-state index in [0.29, 0.717) is 22.3 Å². The molecule has 0 radical (unpaired) electrons. The number of esters is 1. The molecule has 3 rings (SSSR count). The molecule has 0 bridgehead atoms. The summed E-state index contributed by atoms with van der Waals surface area (Å²) in [6.45, 7) is 0. The van der Waals surface area contributed by atoms with Crippen molar-refractivity contribution in [3.05, 3.63) is 71.1 Å². The van der Waals surface area contributed by atoms with Crippen LogP contribution in [0.3, 0.4) is 0 Å². The first-order valence-electron chi connectivity index (χ1n) is 7.08. The zero-order valence-corrected chi connectivity index (χ0v) is 13.4. The van der Waals surface area contributed by atoms with Gasteiger partial charge in [0.05, 0.1) is 11.8 Å². The Morgan fingerprint density at radius 1 is 1.17 bits per heavy atom. The molecule has 6 nitrogen and oxygen atoms in total. The van der Waals surface area contributed by atoms with Crippen molar-refractivity contribution >= 4 is 34.5 Å². The Labute approximate surface area is 142 Å². The molecule has 3 N–H and O–H groups in total. The highest BCUT2D eigenvalue weighted by Gasteiger charge is 2.07. The quantitative estimate of drug-likeness (QED) is 0.322. The van der Waals surface area contributed by atoms with Gasteiger partial charge in [0, 0.05) is 5.38 Å². The average Bonchev–Trinajstić information content (AvgIpc) is 3.02. The van der Waals surface area contributed by atoms with Crippen molar-refractivity contribution in [2.45, 2.75) is 0 Å². The van der Waals surface area contributed by atoms with Crippen LogP contribution < -0.4 is 15.9 Å². The number of nitrogens with one attached hydrogen (secondary N) is 1. The number of rotatable bonds is 5. The van der Waals surface area contributed by atoms with Gasteiger partial charge in [-0.1, -0.05) is 18.2 Å². The van der Waals surface area contributed by atoms with E-state index in [0.717, 1.165) is 5.56 Å². The molecule has 0 aliphatic carbocycles. The van der Waals surface area contributed by atoms with Crippen LogP contribution in [0.4, 0.5) is 10.9 Å². The molecule has 0 spiro atoms. The molecule has 0 aliphatic heterocycles. The number of hydrazone groups is 1. The van der Waals surface area contributed by atoms with E-state index in [2.05, 4.69) is 15.5 Å². The fourth-order valence-electron chi connectivity index (χ4n) is 1.86. The van der Waals surface area contributed by atoms with Crippen LogP contribution in [0.25, 0.3) is 0 Å². The maximum Gasteiger partial charge on any atom is 0.343 e. The standard InChI is InChI=1S/C17H14N4O2S/c18-15-11-24-17(20-15)21-19-10-12-6-8-14(9-7-12)23-16(22)13-4-2-1-3-5-13/h1-11H,18H2,(H,20,21). The van der Waals surface area contributed by atoms with Crippen molar-refractivity contribution in [1.29, 1.82) is 0 Å². The molecule has 0 amide bonds. The number of ether oxygens (including phenoxy) is 1. The van der Waals surface area contributed by atoms with Crippen molar-refractivity contribution in [1.82, 2.24) is 4.98 Å². The van der Waals surface area contributed by atoms with Gasteiger partial charge in [0.2, 0.25) is 5.13 Å². The lowest BCUT2D eigenvalue weighted by Crippen LogP contribution is -2.08. The number of thiazole rings is 1. The van der Waals surface area contributed by atoms with Gasteiger partial charge in [-0.25, -0.2) is 9.78 Å². The molecule has 0 unspecified atom stereocenters. The van der Waals surface area contributed by atoms with Crippen molar-refractivity contribution < 1.29 is 9.53 Å². The molecular formula is C17H14N4O2S. The minimum atomic E-state index is -0.389. The van der Waals surface area contributed by atoms with Crippen molar-refractivity contribution in [2.75, 3.05) is 11.2 Å². The van der Waals surface area contributed by atoms with Crippen LogP contribution in [0.2, 0.25) is 0 Å². The lowest BCUT2D eigenvalue weighted by molar-refractivity contribution is 0.0735. The first-order chi connectivity index (χ1) is 11.7. The maximum absolute atomic E-state index is 12.0. The number of carbonyl (C=O) groups is 1. The monoisotopic (exact) mass is 338 g/mol. The fraction of sp³-hybridized carbons (Fsp3) is 0. The summed E-state index contributed by atoms with van der Waals surface area (Å²) in [7, 11) is 0. The predicted molar refractivity (Wildman–Crippen MR) is 95.6 cm³/mol. The van der Waals surface area contributed by atoms with Gasteiger partial charge in [-0.05, 0) is 42.0 Å². The van der Waals surface area contributed by atoms with Crippen LogP contribution >= 0.6 is 11.3 Å². The number of hydrogen-bond acceptors (Lipinski definition) is 7. The third-order valence-corrected chi connectivity index (χ3v) is 3.76. The van der Waals surface area contributed by atoms with Gasteiger partial charge in [-0.15, -0.1) is 11.3 Å². The molecule has 3 aromatic rings. The number of nitrogen functional groups attached to an aromatic ring is 1. The molecule has 7 heteroatoms. The Morgan fingerprint density at radius 3 is 2.58 bits per heavy atom. The van der Waals surface area contributed by atoms with E-state index in [1.54, 1.807) is 60.1 Å². The fourth-order valence-corrected chi connectivity index (χ4v) is 2.41. The molecule has 0 saturated heterocycles. The van der Waals surface area contributed by atoms with E-state index in [1.807, 2.05) is 6.07 Å². The number of anilines is 2. The van der Waals surface area contributed by atoms with Gasteiger partial charge in [0.25, 0.3) is 0 Å². The Morgan fingerprint density at radius 2 is 1.92 bits per heavy atom. The molecular weight excluding hydrogens is 324 g/mol. The number of hydrogen-bond donors (Lipinski definition) is 2. The summed E-state index contributed by atoms with van der Waals surface area (Å²) in [5, 5.41) is 6.43. The van der Waals surface area contributed by atoms with Crippen molar-refractivity contribution in [3.63, 3.8) is 0 Å². The molecule has 1 heterocycles. The van der Waals surface area contributed by atoms with Gasteiger partial charge < -0.3 is 10.5 Å². The first-order valence-corrected chi connectivity index (χ1v) is 7.96. The lowest BCUT2D eigenvalue weighted by Gasteiger charge is -2.04. The van der Waals surface area contributed by atoms with Crippen molar-refractivity contribution in [3.8, 4) is 5.75 Å². The van der Waals surface area contributed by atoms with E-state index in [-0.39, 0.29) is 5.97 Å². The van der Waals surface area contributed by atoms with E-state index >= 15 is 0 Å². The molecule has 120 valence electrons. The van der Waals surface area contributed by atoms with Crippen LogP contribution in [0.15, 0.2) is 65.1 Å². The van der Waals surface area contributed by atoms with Gasteiger partial charge in [0.1, 0.15) is 11.6 Å². The largest absolute Gasteiger partial charge is 0.423 e. The topological polar surface area (TPSA) is 89.6 Å². The second-order valence-electron chi connectivity index (χ2n) is 4.77. The first kappa shape index (κ1) is 15.7. The third-order valence-electron chi connectivity index (χ3n) is 3.00. The summed E-state index contributed by atoms with van der Waals surface area (Å²) >= 11 is 1.37.